The standard InChI is InChI=1S/C20H21N3O3/c1-22-16-9-5-6-10-18(16)26-15-11-17(19(22)24)23(13-15)20(25)21-12-14-7-3-2-4-8-14/h2-10,15,17H,11-13H2,1H3,(H,21,25)/t15-,17-/m0/s1. The van der Waals surface area contributed by atoms with E-state index in [2.05, 4.69) is 5.32 Å². The number of nitrogens with one attached hydrogen (secondary N) is 1. The molecule has 0 aliphatic carbocycles. The van der Waals surface area contributed by atoms with Gasteiger partial charge in [0.15, 0.2) is 0 Å². The summed E-state index contributed by atoms with van der Waals surface area (Å²) in [7, 11) is 1.73. The van der Waals surface area contributed by atoms with Gasteiger partial charge in [0.05, 0.1) is 12.2 Å². The summed E-state index contributed by atoms with van der Waals surface area (Å²) in [6, 6.07) is 16.4. The third-order valence-electron chi connectivity index (χ3n) is 4.95. The molecule has 134 valence electrons. The van der Waals surface area contributed by atoms with E-state index in [1.54, 1.807) is 16.8 Å². The van der Waals surface area contributed by atoms with Gasteiger partial charge in [0.1, 0.15) is 17.9 Å². The van der Waals surface area contributed by atoms with Gasteiger partial charge in [0.25, 0.3) is 0 Å². The van der Waals surface area contributed by atoms with E-state index >= 15 is 0 Å². The van der Waals surface area contributed by atoms with Gasteiger partial charge in [0.2, 0.25) is 5.91 Å². The molecule has 3 amide bonds. The number of fused-ring (bicyclic) bond motifs is 3. The first-order valence-electron chi connectivity index (χ1n) is 8.75. The molecule has 0 aromatic heterocycles. The second kappa shape index (κ2) is 6.71. The Morgan fingerprint density at radius 3 is 2.69 bits per heavy atom. The summed E-state index contributed by atoms with van der Waals surface area (Å²) >= 11 is 0. The summed E-state index contributed by atoms with van der Waals surface area (Å²) in [5, 5.41) is 2.91. The molecule has 2 bridgehead atoms. The molecule has 6 nitrogen and oxygen atoms in total. The predicted octanol–water partition coefficient (Wildman–Crippen LogP) is 2.39. The van der Waals surface area contributed by atoms with E-state index in [4.69, 9.17) is 4.74 Å². The molecule has 1 N–H and O–H groups in total. The number of ether oxygens (including phenoxy) is 1. The van der Waals surface area contributed by atoms with Crippen molar-refractivity contribution in [1.29, 1.82) is 0 Å². The van der Waals surface area contributed by atoms with E-state index < -0.39 is 6.04 Å². The molecule has 0 radical (unpaired) electrons. The third kappa shape index (κ3) is 2.98. The van der Waals surface area contributed by atoms with Gasteiger partial charge in [0, 0.05) is 20.0 Å². The number of hydrogen-bond acceptors (Lipinski definition) is 3. The maximum atomic E-state index is 13.0. The molecular formula is C20H21N3O3. The molecule has 1 saturated heterocycles. The largest absolute Gasteiger partial charge is 0.486 e. The van der Waals surface area contributed by atoms with E-state index in [1.165, 1.54) is 0 Å². The fraction of sp³-hybridized carbons (Fsp3) is 0.300. The van der Waals surface area contributed by atoms with Gasteiger partial charge in [-0.15, -0.1) is 0 Å². The van der Waals surface area contributed by atoms with E-state index in [-0.39, 0.29) is 18.0 Å². The lowest BCUT2D eigenvalue weighted by Crippen LogP contribution is -2.49. The van der Waals surface area contributed by atoms with Crippen molar-refractivity contribution in [3.05, 3.63) is 60.2 Å². The number of urea groups is 1. The second-order valence-corrected chi connectivity index (χ2v) is 6.65. The predicted molar refractivity (Wildman–Crippen MR) is 98.1 cm³/mol. The van der Waals surface area contributed by atoms with Crippen LogP contribution in [0.15, 0.2) is 54.6 Å². The van der Waals surface area contributed by atoms with Crippen LogP contribution in [-0.2, 0) is 11.3 Å². The van der Waals surface area contributed by atoms with Crippen LogP contribution in [0.4, 0.5) is 10.5 Å². The fourth-order valence-corrected chi connectivity index (χ4v) is 3.57. The second-order valence-electron chi connectivity index (χ2n) is 6.65. The average molecular weight is 351 g/mol. The number of para-hydroxylation sites is 2. The molecule has 2 aromatic rings. The lowest BCUT2D eigenvalue weighted by atomic mass is 10.1. The summed E-state index contributed by atoms with van der Waals surface area (Å²) in [6.07, 6.45) is 0.331. The van der Waals surface area contributed by atoms with E-state index in [0.717, 1.165) is 11.3 Å². The Bertz CT molecular complexity index is 824. The Labute approximate surface area is 152 Å². The molecule has 2 atom stereocenters. The van der Waals surface area contributed by atoms with Crippen LogP contribution in [0.5, 0.6) is 5.75 Å². The van der Waals surface area contributed by atoms with Crippen LogP contribution in [-0.4, -0.2) is 42.6 Å². The van der Waals surface area contributed by atoms with Crippen LogP contribution < -0.4 is 15.0 Å². The SMILES string of the molecule is CN1C(=O)[C@@H]2C[C@@H](CN2C(=O)NCc2ccccc2)Oc2ccccc21. The number of likely N-dealkylation sites (N-methyl/N-ethyl adjacent to an activating group) is 1. The molecule has 4 rings (SSSR count). The van der Waals surface area contributed by atoms with E-state index in [0.29, 0.717) is 25.3 Å². The van der Waals surface area contributed by atoms with Crippen molar-refractivity contribution < 1.29 is 14.3 Å². The van der Waals surface area contributed by atoms with Crippen molar-refractivity contribution in [3.63, 3.8) is 0 Å². The van der Waals surface area contributed by atoms with Crippen LogP contribution in [0, 0.1) is 0 Å². The van der Waals surface area contributed by atoms with Gasteiger partial charge < -0.3 is 19.9 Å². The average Bonchev–Trinajstić information content (AvgIpc) is 3.10. The van der Waals surface area contributed by atoms with Crippen LogP contribution in [0.25, 0.3) is 0 Å². The fourth-order valence-electron chi connectivity index (χ4n) is 3.57. The van der Waals surface area contributed by atoms with Crippen LogP contribution in [0.3, 0.4) is 0 Å². The maximum absolute atomic E-state index is 13.0. The summed E-state index contributed by atoms with van der Waals surface area (Å²) < 4.78 is 6.07. The minimum atomic E-state index is -0.505. The number of amides is 3. The Balaban J connectivity index is 1.52. The van der Waals surface area contributed by atoms with Crippen LogP contribution >= 0.6 is 0 Å². The highest BCUT2D eigenvalue weighted by atomic mass is 16.5. The van der Waals surface area contributed by atoms with Crippen molar-refractivity contribution in [1.82, 2.24) is 10.2 Å². The first-order valence-corrected chi connectivity index (χ1v) is 8.75. The molecular weight excluding hydrogens is 330 g/mol. The highest BCUT2D eigenvalue weighted by molar-refractivity contribution is 6.00. The molecule has 1 fully saturated rings. The Morgan fingerprint density at radius 1 is 1.15 bits per heavy atom. The van der Waals surface area contributed by atoms with Gasteiger partial charge in [-0.1, -0.05) is 42.5 Å². The summed E-state index contributed by atoms with van der Waals surface area (Å²) in [5.41, 5.74) is 1.75. The quantitative estimate of drug-likeness (QED) is 0.904. The molecule has 6 heteroatoms. The van der Waals surface area contributed by atoms with Gasteiger partial charge in [-0.2, -0.15) is 0 Å². The topological polar surface area (TPSA) is 61.9 Å². The minimum absolute atomic E-state index is 0.0851. The van der Waals surface area contributed by atoms with Crippen molar-refractivity contribution in [2.45, 2.75) is 25.1 Å². The summed E-state index contributed by atoms with van der Waals surface area (Å²) in [6.45, 7) is 0.831. The first kappa shape index (κ1) is 16.4. The van der Waals surface area contributed by atoms with Crippen molar-refractivity contribution in [2.24, 2.45) is 0 Å². The van der Waals surface area contributed by atoms with E-state index in [1.807, 2.05) is 54.6 Å². The normalized spacial score (nSPS) is 21.5. The number of likely N-dealkylation sites (tertiary alicyclic amines) is 1. The minimum Gasteiger partial charge on any atom is -0.486 e. The molecule has 0 unspecified atom stereocenters. The Kier molecular flexibility index (Phi) is 4.24. The first-order chi connectivity index (χ1) is 12.6. The number of hydrogen-bond donors (Lipinski definition) is 1. The number of carbonyl (C=O) groups is 2. The van der Waals surface area contributed by atoms with Crippen molar-refractivity contribution in [3.8, 4) is 5.75 Å². The lowest BCUT2D eigenvalue weighted by molar-refractivity contribution is -0.122. The number of benzene rings is 2. The molecule has 0 spiro atoms. The monoisotopic (exact) mass is 351 g/mol. The van der Waals surface area contributed by atoms with Crippen molar-refractivity contribution in [2.75, 3.05) is 18.5 Å². The number of rotatable bonds is 2. The smallest absolute Gasteiger partial charge is 0.318 e. The van der Waals surface area contributed by atoms with Crippen LogP contribution in [0.1, 0.15) is 12.0 Å². The molecule has 0 saturated carbocycles. The molecule has 2 aromatic carbocycles. The number of carbonyl (C=O) groups excluding carboxylic acids is 2. The number of nitrogens with zero attached hydrogens (tertiary/aromatic N) is 2. The Hall–Kier alpha value is -3.02. The maximum Gasteiger partial charge on any atom is 0.318 e. The third-order valence-corrected chi connectivity index (χ3v) is 4.95. The Morgan fingerprint density at radius 2 is 1.88 bits per heavy atom. The zero-order valence-corrected chi connectivity index (χ0v) is 14.6. The molecule has 26 heavy (non-hydrogen) atoms. The van der Waals surface area contributed by atoms with Gasteiger partial charge in [-0.25, -0.2) is 4.79 Å². The lowest BCUT2D eigenvalue weighted by Gasteiger charge is -2.29. The summed E-state index contributed by atoms with van der Waals surface area (Å²) in [5.74, 6) is 0.594. The van der Waals surface area contributed by atoms with E-state index in [9.17, 15) is 9.59 Å². The van der Waals surface area contributed by atoms with Crippen LogP contribution in [0.2, 0.25) is 0 Å². The highest BCUT2D eigenvalue weighted by Crippen LogP contribution is 2.35. The zero-order valence-electron chi connectivity index (χ0n) is 14.6. The van der Waals surface area contributed by atoms with Gasteiger partial charge in [-0.05, 0) is 17.7 Å². The van der Waals surface area contributed by atoms with Crippen molar-refractivity contribution >= 4 is 17.6 Å². The van der Waals surface area contributed by atoms with Gasteiger partial charge in [-0.3, -0.25) is 4.79 Å². The molecule has 2 heterocycles. The zero-order chi connectivity index (χ0) is 18.1. The highest BCUT2D eigenvalue weighted by Gasteiger charge is 2.44. The number of anilines is 1. The van der Waals surface area contributed by atoms with Gasteiger partial charge >= 0.3 is 6.03 Å². The molecule has 2 aliphatic heterocycles. The molecule has 2 aliphatic rings. The summed E-state index contributed by atoms with van der Waals surface area (Å²) in [4.78, 5) is 28.8.